The van der Waals surface area contributed by atoms with E-state index in [9.17, 15) is 23.1 Å². The van der Waals surface area contributed by atoms with Gasteiger partial charge in [0.2, 0.25) is 0 Å². The Kier molecular flexibility index (Phi) is 6.02. The molecule has 0 spiro atoms. The van der Waals surface area contributed by atoms with E-state index in [4.69, 9.17) is 0 Å². The zero-order chi connectivity index (χ0) is 17.5. The Morgan fingerprint density at radius 3 is 2.46 bits per heavy atom. The zero-order valence-corrected chi connectivity index (χ0v) is 12.4. The lowest BCUT2D eigenvalue weighted by atomic mass is 10.1. The topological polar surface area (TPSA) is 70.6 Å². The lowest BCUT2D eigenvalue weighted by Gasteiger charge is -2.17. The van der Waals surface area contributed by atoms with Gasteiger partial charge in [-0.3, -0.25) is 0 Å². The predicted octanol–water partition coefficient (Wildman–Crippen LogP) is 3.28. The molecule has 0 radical (unpaired) electrons. The first-order chi connectivity index (χ1) is 11.5. The van der Waals surface area contributed by atoms with Gasteiger partial charge in [-0.25, -0.2) is 9.18 Å². The maximum Gasteiger partial charge on any atom is 0.387 e. The maximum atomic E-state index is 13.6. The molecule has 0 aliphatic rings. The van der Waals surface area contributed by atoms with Gasteiger partial charge in [-0.2, -0.15) is 8.78 Å². The monoisotopic (exact) mass is 340 g/mol. The lowest BCUT2D eigenvalue weighted by Crippen LogP contribution is -2.34. The first kappa shape index (κ1) is 17.6. The summed E-state index contributed by atoms with van der Waals surface area (Å²) in [6.07, 6.45) is 0. The van der Waals surface area contributed by atoms with E-state index in [1.807, 2.05) is 0 Å². The first-order valence-corrected chi connectivity index (χ1v) is 6.97. The molecule has 0 saturated carbocycles. The van der Waals surface area contributed by atoms with Crippen LogP contribution in [0.4, 0.5) is 23.7 Å². The Balaban J connectivity index is 2.00. The molecule has 0 unspecified atom stereocenters. The van der Waals surface area contributed by atoms with E-state index in [0.717, 1.165) is 12.1 Å². The number of hydrogen-bond acceptors (Lipinski definition) is 3. The van der Waals surface area contributed by atoms with Gasteiger partial charge in [0.1, 0.15) is 0 Å². The number of hydrogen-bond donors (Lipinski definition) is 3. The van der Waals surface area contributed by atoms with Crippen LogP contribution in [0.2, 0.25) is 0 Å². The van der Waals surface area contributed by atoms with Crippen LogP contribution in [0.1, 0.15) is 11.6 Å². The summed E-state index contributed by atoms with van der Waals surface area (Å²) >= 11 is 0. The van der Waals surface area contributed by atoms with Crippen molar-refractivity contribution in [2.75, 3.05) is 11.9 Å². The van der Waals surface area contributed by atoms with Gasteiger partial charge < -0.3 is 20.5 Å². The maximum absolute atomic E-state index is 13.6. The number of amides is 2. The summed E-state index contributed by atoms with van der Waals surface area (Å²) in [4.78, 5) is 11.9. The molecule has 1 atom stereocenters. The molecule has 2 amide bonds. The van der Waals surface area contributed by atoms with Crippen LogP contribution in [0.3, 0.4) is 0 Å². The largest absolute Gasteiger partial charge is 0.432 e. The van der Waals surface area contributed by atoms with Gasteiger partial charge in [-0.15, -0.1) is 0 Å². The quantitative estimate of drug-likeness (QED) is 0.756. The highest BCUT2D eigenvalue weighted by Gasteiger charge is 2.15. The van der Waals surface area contributed by atoms with Crippen molar-refractivity contribution >= 4 is 11.7 Å². The number of aliphatic hydroxyl groups excluding tert-OH is 1. The van der Waals surface area contributed by atoms with E-state index in [1.54, 1.807) is 30.3 Å². The smallest absolute Gasteiger partial charge is 0.387 e. The van der Waals surface area contributed by atoms with E-state index >= 15 is 0 Å². The van der Waals surface area contributed by atoms with Crippen LogP contribution in [-0.2, 0) is 0 Å². The van der Waals surface area contributed by atoms with Crippen molar-refractivity contribution in [3.63, 3.8) is 0 Å². The highest BCUT2D eigenvalue weighted by atomic mass is 19.3. The number of alkyl halides is 2. The van der Waals surface area contributed by atoms with E-state index in [-0.39, 0.29) is 12.3 Å². The molecule has 5 nitrogen and oxygen atoms in total. The molecule has 3 N–H and O–H groups in total. The van der Waals surface area contributed by atoms with Gasteiger partial charge >= 0.3 is 12.6 Å². The van der Waals surface area contributed by atoms with Crippen molar-refractivity contribution in [1.82, 2.24) is 5.32 Å². The van der Waals surface area contributed by atoms with Crippen molar-refractivity contribution in [2.45, 2.75) is 12.7 Å². The Morgan fingerprint density at radius 2 is 1.88 bits per heavy atom. The molecule has 0 bridgehead atoms. The van der Waals surface area contributed by atoms with Crippen molar-refractivity contribution in [3.05, 3.63) is 59.9 Å². The number of urea groups is 1. The summed E-state index contributed by atoms with van der Waals surface area (Å²) in [6.45, 7) is -3.47. The highest BCUT2D eigenvalue weighted by molar-refractivity contribution is 5.89. The molecule has 0 saturated heterocycles. The van der Waals surface area contributed by atoms with Gasteiger partial charge in [-0.1, -0.05) is 30.3 Å². The van der Waals surface area contributed by atoms with Crippen molar-refractivity contribution in [1.29, 1.82) is 0 Å². The van der Waals surface area contributed by atoms with Gasteiger partial charge in [0.25, 0.3) is 0 Å². The van der Waals surface area contributed by atoms with Gasteiger partial charge in [0.05, 0.1) is 12.6 Å². The van der Waals surface area contributed by atoms with Crippen LogP contribution in [0.25, 0.3) is 0 Å². The fourth-order valence-electron chi connectivity index (χ4n) is 2.02. The number of carbonyl (C=O) groups excluding carboxylic acids is 1. The van der Waals surface area contributed by atoms with Gasteiger partial charge in [-0.05, 0) is 17.7 Å². The number of benzene rings is 2. The second-order valence-electron chi connectivity index (χ2n) is 4.77. The molecule has 2 aromatic rings. The van der Waals surface area contributed by atoms with E-state index in [2.05, 4.69) is 15.4 Å². The molecule has 0 aliphatic carbocycles. The molecule has 0 aliphatic heterocycles. The van der Waals surface area contributed by atoms with E-state index in [1.165, 1.54) is 6.07 Å². The molecule has 0 fully saturated rings. The minimum absolute atomic E-state index is 0.0522. The lowest BCUT2D eigenvalue weighted by molar-refractivity contribution is -0.0521. The Bertz CT molecular complexity index is 684. The zero-order valence-electron chi connectivity index (χ0n) is 12.4. The second-order valence-corrected chi connectivity index (χ2v) is 4.77. The van der Waals surface area contributed by atoms with Crippen molar-refractivity contribution in [2.24, 2.45) is 0 Å². The SMILES string of the molecule is O=C(Nc1ccc(OC(F)F)c(F)c1)N[C@H](CO)c1ccccc1. The normalized spacial score (nSPS) is 11.9. The molecule has 24 heavy (non-hydrogen) atoms. The molecule has 0 heterocycles. The molecular weight excluding hydrogens is 325 g/mol. The van der Waals surface area contributed by atoms with E-state index < -0.39 is 30.3 Å². The number of aliphatic hydroxyl groups is 1. The summed E-state index contributed by atoms with van der Waals surface area (Å²) in [5.41, 5.74) is 0.748. The number of ether oxygens (including phenoxy) is 1. The molecule has 128 valence electrons. The number of carbonyl (C=O) groups is 1. The van der Waals surface area contributed by atoms with Crippen molar-refractivity contribution in [3.8, 4) is 5.75 Å². The third-order valence-electron chi connectivity index (χ3n) is 3.10. The average Bonchev–Trinajstić information content (AvgIpc) is 2.55. The molecule has 2 rings (SSSR count). The molecular formula is C16H15F3N2O3. The van der Waals surface area contributed by atoms with Crippen LogP contribution in [0, 0.1) is 5.82 Å². The summed E-state index contributed by atoms with van der Waals surface area (Å²) < 4.78 is 41.7. The van der Waals surface area contributed by atoms with Gasteiger partial charge in [0, 0.05) is 11.8 Å². The molecule has 2 aromatic carbocycles. The second kappa shape index (κ2) is 8.21. The summed E-state index contributed by atoms with van der Waals surface area (Å²) in [5.74, 6) is -1.65. The highest BCUT2D eigenvalue weighted by Crippen LogP contribution is 2.23. The fraction of sp³-hybridized carbons (Fsp3) is 0.188. The Labute approximate surface area is 136 Å². The number of halogens is 3. The summed E-state index contributed by atoms with van der Waals surface area (Å²) in [6, 6.07) is 10.5. The summed E-state index contributed by atoms with van der Waals surface area (Å²) in [5, 5.41) is 14.2. The standard InChI is InChI=1S/C16H15F3N2O3/c17-12-8-11(6-7-14(12)24-15(18)19)20-16(23)21-13(9-22)10-4-2-1-3-5-10/h1-8,13,15,22H,9H2,(H2,20,21,23)/t13-/m1/s1. The summed E-state index contributed by atoms with van der Waals surface area (Å²) in [7, 11) is 0. The molecule has 8 heteroatoms. The fourth-order valence-corrected chi connectivity index (χ4v) is 2.02. The average molecular weight is 340 g/mol. The third kappa shape index (κ3) is 4.88. The van der Waals surface area contributed by atoms with E-state index in [0.29, 0.717) is 5.56 Å². The Morgan fingerprint density at radius 1 is 1.17 bits per heavy atom. The van der Waals surface area contributed by atoms with Crippen LogP contribution in [0.15, 0.2) is 48.5 Å². The minimum Gasteiger partial charge on any atom is -0.432 e. The molecule has 0 aromatic heterocycles. The number of nitrogens with one attached hydrogen (secondary N) is 2. The first-order valence-electron chi connectivity index (χ1n) is 6.97. The van der Waals surface area contributed by atoms with Gasteiger partial charge in [0.15, 0.2) is 11.6 Å². The van der Waals surface area contributed by atoms with Crippen LogP contribution in [-0.4, -0.2) is 24.4 Å². The third-order valence-corrected chi connectivity index (χ3v) is 3.10. The number of anilines is 1. The van der Waals surface area contributed by atoms with Crippen molar-refractivity contribution < 1.29 is 27.8 Å². The van der Waals surface area contributed by atoms with Crippen LogP contribution < -0.4 is 15.4 Å². The van der Waals surface area contributed by atoms with Crippen LogP contribution in [0.5, 0.6) is 5.75 Å². The Hall–Kier alpha value is -2.74. The number of rotatable bonds is 6. The predicted molar refractivity (Wildman–Crippen MR) is 81.5 cm³/mol. The van der Waals surface area contributed by atoms with Crippen LogP contribution >= 0.6 is 0 Å². The minimum atomic E-state index is -3.14.